The first-order chi connectivity index (χ1) is 11.2. The molecule has 2 aromatic rings. The van der Waals surface area contributed by atoms with Crippen LogP contribution >= 0.6 is 0 Å². The van der Waals surface area contributed by atoms with E-state index in [1.807, 2.05) is 6.92 Å². The number of benzene rings is 1. The number of nitrogen functional groups attached to an aromatic ring is 1. The number of imidazole rings is 1. The summed E-state index contributed by atoms with van der Waals surface area (Å²) in [7, 11) is 0. The lowest BCUT2D eigenvalue weighted by Crippen LogP contribution is -2.34. The van der Waals surface area contributed by atoms with E-state index in [0.29, 0.717) is 18.5 Å². The smallest absolute Gasteiger partial charge is 0.221 e. The molecule has 2 heterocycles. The molecular formula is C17H23N5O. The van der Waals surface area contributed by atoms with E-state index in [0.717, 1.165) is 37.2 Å². The van der Waals surface area contributed by atoms with Crippen LogP contribution in [0.3, 0.4) is 0 Å². The van der Waals surface area contributed by atoms with Crippen LogP contribution in [0.15, 0.2) is 35.6 Å². The number of nitrogens with two attached hydrogens (primary N) is 1. The SMILES string of the molecule is Cc1cn(N=Cc2ccc(N3CCC(CO)CC3)cc2)c(N)n1. The molecule has 1 aliphatic rings. The van der Waals surface area contributed by atoms with E-state index < -0.39 is 0 Å². The Bertz CT molecular complexity index is 669. The fourth-order valence-corrected chi connectivity index (χ4v) is 2.87. The summed E-state index contributed by atoms with van der Waals surface area (Å²) in [5, 5.41) is 13.5. The number of hydrogen-bond acceptors (Lipinski definition) is 5. The van der Waals surface area contributed by atoms with Crippen LogP contribution in [0.25, 0.3) is 0 Å². The number of aromatic nitrogens is 2. The van der Waals surface area contributed by atoms with Gasteiger partial charge in [0, 0.05) is 25.4 Å². The first-order valence-electron chi connectivity index (χ1n) is 7.97. The van der Waals surface area contributed by atoms with Crippen LogP contribution in [0.4, 0.5) is 11.6 Å². The van der Waals surface area contributed by atoms with Crippen molar-refractivity contribution >= 4 is 17.9 Å². The number of anilines is 2. The summed E-state index contributed by atoms with van der Waals surface area (Å²) in [4.78, 5) is 6.48. The molecule has 0 aliphatic carbocycles. The minimum Gasteiger partial charge on any atom is -0.396 e. The zero-order valence-corrected chi connectivity index (χ0v) is 13.4. The fourth-order valence-electron chi connectivity index (χ4n) is 2.87. The normalized spacial score (nSPS) is 16.3. The van der Waals surface area contributed by atoms with Gasteiger partial charge in [0.1, 0.15) is 0 Å². The lowest BCUT2D eigenvalue weighted by Gasteiger charge is -2.32. The minimum absolute atomic E-state index is 0.306. The first kappa shape index (κ1) is 15.6. The Labute approximate surface area is 136 Å². The minimum atomic E-state index is 0.306. The van der Waals surface area contributed by atoms with Crippen LogP contribution in [0, 0.1) is 12.8 Å². The largest absolute Gasteiger partial charge is 0.396 e. The molecule has 3 N–H and O–H groups in total. The molecule has 3 rings (SSSR count). The zero-order valence-electron chi connectivity index (χ0n) is 13.4. The Kier molecular flexibility index (Phi) is 4.62. The van der Waals surface area contributed by atoms with Gasteiger partial charge in [-0.15, -0.1) is 0 Å². The van der Waals surface area contributed by atoms with Gasteiger partial charge in [-0.2, -0.15) is 5.10 Å². The van der Waals surface area contributed by atoms with Crippen LogP contribution in [0.5, 0.6) is 0 Å². The molecule has 0 radical (unpaired) electrons. The third-order valence-electron chi connectivity index (χ3n) is 4.30. The average Bonchev–Trinajstić information content (AvgIpc) is 2.91. The zero-order chi connectivity index (χ0) is 16.2. The standard InChI is InChI=1S/C17H23N5O/c1-13-11-22(17(18)20-13)19-10-14-2-4-16(5-3-14)21-8-6-15(12-23)7-9-21/h2-5,10-11,15,23H,6-9,12H2,1H3,(H2,18,20). The summed E-state index contributed by atoms with van der Waals surface area (Å²) in [5.41, 5.74) is 8.85. The maximum absolute atomic E-state index is 9.21. The second-order valence-corrected chi connectivity index (χ2v) is 6.03. The predicted octanol–water partition coefficient (Wildman–Crippen LogP) is 1.86. The van der Waals surface area contributed by atoms with Gasteiger partial charge < -0.3 is 15.7 Å². The monoisotopic (exact) mass is 313 g/mol. The highest BCUT2D eigenvalue weighted by Crippen LogP contribution is 2.23. The molecule has 0 unspecified atom stereocenters. The highest BCUT2D eigenvalue weighted by Gasteiger charge is 2.18. The molecule has 6 nitrogen and oxygen atoms in total. The molecule has 0 bridgehead atoms. The van der Waals surface area contributed by atoms with E-state index in [-0.39, 0.29) is 0 Å². The molecule has 1 fully saturated rings. The lowest BCUT2D eigenvalue weighted by molar-refractivity contribution is 0.203. The molecular weight excluding hydrogens is 290 g/mol. The lowest BCUT2D eigenvalue weighted by atomic mass is 9.97. The molecule has 1 aromatic carbocycles. The van der Waals surface area contributed by atoms with E-state index >= 15 is 0 Å². The summed E-state index contributed by atoms with van der Waals surface area (Å²) < 4.78 is 1.57. The summed E-state index contributed by atoms with van der Waals surface area (Å²) in [5.74, 6) is 0.851. The fraction of sp³-hybridized carbons (Fsp3) is 0.412. The third-order valence-corrected chi connectivity index (χ3v) is 4.30. The Morgan fingerprint density at radius 1 is 1.30 bits per heavy atom. The van der Waals surface area contributed by atoms with E-state index in [9.17, 15) is 5.11 Å². The van der Waals surface area contributed by atoms with Gasteiger partial charge in [0.15, 0.2) is 0 Å². The summed E-state index contributed by atoms with van der Waals surface area (Å²) in [6, 6.07) is 8.33. The second kappa shape index (κ2) is 6.83. The van der Waals surface area contributed by atoms with Crippen LogP contribution < -0.4 is 10.6 Å². The van der Waals surface area contributed by atoms with E-state index in [1.165, 1.54) is 5.69 Å². The van der Waals surface area contributed by atoms with Gasteiger partial charge in [-0.3, -0.25) is 0 Å². The third kappa shape index (κ3) is 3.71. The van der Waals surface area contributed by atoms with E-state index in [1.54, 1.807) is 17.1 Å². The van der Waals surface area contributed by atoms with Gasteiger partial charge in [0.05, 0.1) is 18.1 Å². The van der Waals surface area contributed by atoms with E-state index in [2.05, 4.69) is 39.3 Å². The van der Waals surface area contributed by atoms with Crippen molar-refractivity contribution in [3.05, 3.63) is 41.7 Å². The van der Waals surface area contributed by atoms with Crippen LogP contribution in [0.1, 0.15) is 24.1 Å². The second-order valence-electron chi connectivity index (χ2n) is 6.03. The topological polar surface area (TPSA) is 79.7 Å². The van der Waals surface area contributed by atoms with Crippen molar-refractivity contribution in [1.29, 1.82) is 0 Å². The molecule has 1 aliphatic heterocycles. The quantitative estimate of drug-likeness (QED) is 0.845. The molecule has 1 saturated heterocycles. The van der Waals surface area contributed by atoms with Gasteiger partial charge in [0.2, 0.25) is 5.95 Å². The maximum atomic E-state index is 9.21. The highest BCUT2D eigenvalue weighted by atomic mass is 16.3. The number of rotatable bonds is 4. The molecule has 0 spiro atoms. The molecule has 0 amide bonds. The number of aryl methyl sites for hydroxylation is 1. The Morgan fingerprint density at radius 3 is 2.57 bits per heavy atom. The molecule has 122 valence electrons. The van der Waals surface area contributed by atoms with Crippen molar-refractivity contribution in [2.24, 2.45) is 11.0 Å². The summed E-state index contributed by atoms with van der Waals surface area (Å²) in [6.45, 7) is 4.20. The number of aliphatic hydroxyl groups is 1. The maximum Gasteiger partial charge on any atom is 0.221 e. The number of aliphatic hydroxyl groups excluding tert-OH is 1. The molecule has 1 aromatic heterocycles. The Balaban J connectivity index is 1.64. The molecule has 6 heteroatoms. The van der Waals surface area contributed by atoms with Gasteiger partial charge in [0.25, 0.3) is 0 Å². The van der Waals surface area contributed by atoms with E-state index in [4.69, 9.17) is 5.73 Å². The van der Waals surface area contributed by atoms with Gasteiger partial charge in [-0.05, 0) is 43.4 Å². The van der Waals surface area contributed by atoms with Crippen LogP contribution in [-0.4, -0.2) is 40.7 Å². The number of piperidine rings is 1. The number of nitrogens with zero attached hydrogens (tertiary/aromatic N) is 4. The van der Waals surface area contributed by atoms with Crippen molar-refractivity contribution in [2.45, 2.75) is 19.8 Å². The van der Waals surface area contributed by atoms with Gasteiger partial charge >= 0.3 is 0 Å². The van der Waals surface area contributed by atoms with Crippen molar-refractivity contribution in [3.8, 4) is 0 Å². The highest BCUT2D eigenvalue weighted by molar-refractivity contribution is 5.80. The Morgan fingerprint density at radius 2 is 2.00 bits per heavy atom. The first-order valence-corrected chi connectivity index (χ1v) is 7.97. The summed E-state index contributed by atoms with van der Waals surface area (Å²) in [6.07, 6.45) is 5.68. The number of hydrogen-bond donors (Lipinski definition) is 2. The van der Waals surface area contributed by atoms with Crippen molar-refractivity contribution < 1.29 is 5.11 Å². The summed E-state index contributed by atoms with van der Waals surface area (Å²) >= 11 is 0. The molecule has 0 saturated carbocycles. The predicted molar refractivity (Wildman–Crippen MR) is 92.8 cm³/mol. The van der Waals surface area contributed by atoms with Crippen LogP contribution in [0.2, 0.25) is 0 Å². The van der Waals surface area contributed by atoms with Gasteiger partial charge in [-0.1, -0.05) is 12.1 Å². The average molecular weight is 313 g/mol. The van der Waals surface area contributed by atoms with Crippen molar-refractivity contribution in [3.63, 3.8) is 0 Å². The molecule has 23 heavy (non-hydrogen) atoms. The van der Waals surface area contributed by atoms with Crippen molar-refractivity contribution in [1.82, 2.24) is 9.66 Å². The molecule has 0 atom stereocenters. The van der Waals surface area contributed by atoms with Gasteiger partial charge in [-0.25, -0.2) is 9.66 Å². The Hall–Kier alpha value is -2.34. The van der Waals surface area contributed by atoms with Crippen molar-refractivity contribution in [2.75, 3.05) is 30.3 Å². The van der Waals surface area contributed by atoms with Crippen LogP contribution in [-0.2, 0) is 0 Å².